The minimum absolute atomic E-state index is 0.0454. The van der Waals surface area contributed by atoms with Crippen LogP contribution >= 0.6 is 0 Å². The van der Waals surface area contributed by atoms with Gasteiger partial charge in [-0.15, -0.1) is 0 Å². The van der Waals surface area contributed by atoms with Crippen molar-refractivity contribution in [2.45, 2.75) is 65.3 Å². The Balaban J connectivity index is 1.90. The zero-order valence-electron chi connectivity index (χ0n) is 19.1. The van der Waals surface area contributed by atoms with Crippen LogP contribution in [0.3, 0.4) is 0 Å². The smallest absolute Gasteiger partial charge is 0.222 e. The summed E-state index contributed by atoms with van der Waals surface area (Å²) in [6.45, 7) is 9.80. The van der Waals surface area contributed by atoms with Gasteiger partial charge in [0.1, 0.15) is 16.8 Å². The Kier molecular flexibility index (Phi) is 6.97. The highest BCUT2D eigenvalue weighted by molar-refractivity contribution is 5.86. The third kappa shape index (κ3) is 5.83. The second-order valence-corrected chi connectivity index (χ2v) is 8.76. The lowest BCUT2D eigenvalue weighted by atomic mass is 10.1. The lowest BCUT2D eigenvalue weighted by Gasteiger charge is -2.21. The summed E-state index contributed by atoms with van der Waals surface area (Å²) >= 11 is 0. The van der Waals surface area contributed by atoms with Gasteiger partial charge in [-0.3, -0.25) is 4.68 Å². The minimum atomic E-state index is -0.227. The lowest BCUT2D eigenvalue weighted by molar-refractivity contribution is 0.403. The third-order valence-corrected chi connectivity index (χ3v) is 4.92. The van der Waals surface area contributed by atoms with Gasteiger partial charge in [0.2, 0.25) is 5.95 Å². The fraction of sp³-hybridized carbons (Fsp3) is 0.500. The summed E-state index contributed by atoms with van der Waals surface area (Å²) in [6.07, 6.45) is 3.25. The number of benzene rings is 1. The number of nitrogen functional groups attached to an aromatic ring is 1. The van der Waals surface area contributed by atoms with E-state index >= 15 is 0 Å². The zero-order chi connectivity index (χ0) is 22.6. The standard InChI is InChI=1S/C22H34N8O/c1-6-7-18(23)28-20-19-16(27-21(24)29-20)12-26-30(19)13-15-9-8-14(10-17(15)31-5)11-25-22(2,3)4/h8-10,12,18,25H,6-7,11,13,23H2,1-5H3,(H3,24,27,28,29). The van der Waals surface area contributed by atoms with Crippen molar-refractivity contribution in [1.29, 1.82) is 0 Å². The van der Waals surface area contributed by atoms with Crippen LogP contribution in [0.15, 0.2) is 24.4 Å². The van der Waals surface area contributed by atoms with Crippen LogP contribution in [0.25, 0.3) is 11.0 Å². The molecular weight excluding hydrogens is 392 g/mol. The number of anilines is 2. The summed E-state index contributed by atoms with van der Waals surface area (Å²) < 4.78 is 7.52. The molecular formula is C22H34N8O. The molecule has 2 heterocycles. The molecule has 0 aliphatic heterocycles. The van der Waals surface area contributed by atoms with Crippen molar-refractivity contribution in [2.24, 2.45) is 5.73 Å². The summed E-state index contributed by atoms with van der Waals surface area (Å²) in [5.41, 5.74) is 15.7. The second kappa shape index (κ2) is 9.49. The van der Waals surface area contributed by atoms with E-state index < -0.39 is 0 Å². The fourth-order valence-electron chi connectivity index (χ4n) is 3.35. The molecule has 3 aromatic rings. The van der Waals surface area contributed by atoms with Gasteiger partial charge in [0.25, 0.3) is 0 Å². The van der Waals surface area contributed by atoms with Crippen molar-refractivity contribution in [3.63, 3.8) is 0 Å². The summed E-state index contributed by atoms with van der Waals surface area (Å²) in [7, 11) is 1.68. The maximum Gasteiger partial charge on any atom is 0.222 e. The number of nitrogens with zero attached hydrogens (tertiary/aromatic N) is 4. The van der Waals surface area contributed by atoms with Gasteiger partial charge in [-0.25, -0.2) is 4.98 Å². The van der Waals surface area contributed by atoms with E-state index in [-0.39, 0.29) is 17.7 Å². The van der Waals surface area contributed by atoms with Crippen molar-refractivity contribution in [2.75, 3.05) is 18.2 Å². The van der Waals surface area contributed by atoms with Crippen LogP contribution in [0, 0.1) is 0 Å². The molecule has 0 saturated heterocycles. The molecule has 0 aliphatic carbocycles. The molecule has 0 bridgehead atoms. The molecule has 0 spiro atoms. The molecule has 1 atom stereocenters. The lowest BCUT2D eigenvalue weighted by Crippen LogP contribution is -2.35. The van der Waals surface area contributed by atoms with Gasteiger partial charge in [0, 0.05) is 17.6 Å². The zero-order valence-corrected chi connectivity index (χ0v) is 19.1. The molecule has 31 heavy (non-hydrogen) atoms. The number of nitrogens with one attached hydrogen (secondary N) is 2. The Bertz CT molecular complexity index is 1020. The van der Waals surface area contributed by atoms with Gasteiger partial charge in [-0.2, -0.15) is 10.1 Å². The highest BCUT2D eigenvalue weighted by atomic mass is 16.5. The van der Waals surface area contributed by atoms with E-state index in [1.165, 1.54) is 0 Å². The predicted octanol–water partition coefficient (Wildman–Crippen LogP) is 2.85. The van der Waals surface area contributed by atoms with E-state index in [2.05, 4.69) is 71.6 Å². The van der Waals surface area contributed by atoms with Crippen LogP contribution < -0.4 is 26.8 Å². The second-order valence-electron chi connectivity index (χ2n) is 8.76. The molecule has 0 aliphatic rings. The highest BCUT2D eigenvalue weighted by Gasteiger charge is 2.16. The monoisotopic (exact) mass is 426 g/mol. The molecule has 0 fully saturated rings. The van der Waals surface area contributed by atoms with Crippen molar-refractivity contribution in [3.8, 4) is 5.75 Å². The Labute approximate surface area is 183 Å². The number of hydrogen-bond acceptors (Lipinski definition) is 8. The number of ether oxygens (including phenoxy) is 1. The molecule has 2 aromatic heterocycles. The van der Waals surface area contributed by atoms with E-state index in [1.54, 1.807) is 13.3 Å². The summed E-state index contributed by atoms with van der Waals surface area (Å²) in [6, 6.07) is 6.23. The normalized spacial score (nSPS) is 12.8. The van der Waals surface area contributed by atoms with Gasteiger partial charge in [0.15, 0.2) is 5.82 Å². The first-order valence-electron chi connectivity index (χ1n) is 10.6. The molecule has 1 unspecified atom stereocenters. The molecule has 3 rings (SSSR count). The van der Waals surface area contributed by atoms with Crippen molar-refractivity contribution < 1.29 is 4.74 Å². The molecule has 168 valence electrons. The van der Waals surface area contributed by atoms with E-state index in [0.29, 0.717) is 17.9 Å². The fourth-order valence-corrected chi connectivity index (χ4v) is 3.35. The Morgan fingerprint density at radius 3 is 2.68 bits per heavy atom. The molecule has 0 radical (unpaired) electrons. The van der Waals surface area contributed by atoms with Gasteiger partial charge >= 0.3 is 0 Å². The van der Waals surface area contributed by atoms with Crippen LogP contribution in [0.2, 0.25) is 0 Å². The van der Waals surface area contributed by atoms with Gasteiger partial charge in [-0.1, -0.05) is 25.5 Å². The summed E-state index contributed by atoms with van der Waals surface area (Å²) in [4.78, 5) is 8.70. The van der Waals surface area contributed by atoms with Crippen LogP contribution in [-0.2, 0) is 13.1 Å². The van der Waals surface area contributed by atoms with Gasteiger partial charge in [0.05, 0.1) is 26.0 Å². The first-order chi connectivity index (χ1) is 14.7. The predicted molar refractivity (Wildman–Crippen MR) is 125 cm³/mol. The van der Waals surface area contributed by atoms with Crippen LogP contribution in [0.1, 0.15) is 51.7 Å². The van der Waals surface area contributed by atoms with Crippen LogP contribution in [0.5, 0.6) is 5.75 Å². The Hall–Kier alpha value is -2.91. The summed E-state index contributed by atoms with van der Waals surface area (Å²) in [5.74, 6) is 1.59. The van der Waals surface area contributed by atoms with E-state index in [1.807, 2.05) is 4.68 Å². The Morgan fingerprint density at radius 1 is 1.23 bits per heavy atom. The number of fused-ring (bicyclic) bond motifs is 1. The highest BCUT2D eigenvalue weighted by Crippen LogP contribution is 2.26. The molecule has 0 saturated carbocycles. The molecule has 9 nitrogen and oxygen atoms in total. The first kappa shape index (κ1) is 22.8. The largest absolute Gasteiger partial charge is 0.496 e. The minimum Gasteiger partial charge on any atom is -0.496 e. The van der Waals surface area contributed by atoms with Gasteiger partial charge < -0.3 is 26.8 Å². The quantitative estimate of drug-likeness (QED) is 0.384. The van der Waals surface area contributed by atoms with Gasteiger partial charge in [-0.05, 0) is 38.8 Å². The van der Waals surface area contributed by atoms with E-state index in [0.717, 1.165) is 41.8 Å². The number of methoxy groups -OCH3 is 1. The Morgan fingerprint density at radius 2 is 2.00 bits per heavy atom. The number of aromatic nitrogens is 4. The number of rotatable bonds is 9. The van der Waals surface area contributed by atoms with Crippen molar-refractivity contribution in [1.82, 2.24) is 25.1 Å². The van der Waals surface area contributed by atoms with Crippen molar-refractivity contribution in [3.05, 3.63) is 35.5 Å². The van der Waals surface area contributed by atoms with E-state index in [4.69, 9.17) is 16.2 Å². The van der Waals surface area contributed by atoms with Crippen LogP contribution in [-0.4, -0.2) is 38.6 Å². The molecule has 6 N–H and O–H groups in total. The first-order valence-corrected chi connectivity index (χ1v) is 10.6. The SMILES string of the molecule is CCCC(N)Nc1nc(N)nc2cnn(Cc3ccc(CNC(C)(C)C)cc3OC)c12. The molecule has 1 aromatic carbocycles. The van der Waals surface area contributed by atoms with Crippen molar-refractivity contribution >= 4 is 22.8 Å². The molecule has 9 heteroatoms. The van der Waals surface area contributed by atoms with E-state index in [9.17, 15) is 0 Å². The van der Waals surface area contributed by atoms with Crippen LogP contribution in [0.4, 0.5) is 11.8 Å². The topological polar surface area (TPSA) is 129 Å². The average Bonchev–Trinajstić information content (AvgIpc) is 3.09. The number of nitrogens with two attached hydrogens (primary N) is 2. The number of hydrogen-bond donors (Lipinski definition) is 4. The maximum atomic E-state index is 6.18. The molecule has 0 amide bonds. The average molecular weight is 427 g/mol. The maximum absolute atomic E-state index is 6.18. The third-order valence-electron chi connectivity index (χ3n) is 4.92. The summed E-state index contributed by atoms with van der Waals surface area (Å²) in [5, 5.41) is 11.3.